The highest BCUT2D eigenvalue weighted by Gasteiger charge is 2.27. The van der Waals surface area contributed by atoms with Crippen LogP contribution in [0.1, 0.15) is 61.8 Å². The van der Waals surface area contributed by atoms with E-state index in [1.807, 2.05) is 31.2 Å². The molecule has 238 valence electrons. The second-order valence-corrected chi connectivity index (χ2v) is 10.8. The first-order valence-corrected chi connectivity index (χ1v) is 15.0. The maximum absolute atomic E-state index is 13.5. The Labute approximate surface area is 263 Å². The van der Waals surface area contributed by atoms with E-state index in [2.05, 4.69) is 28.2 Å². The summed E-state index contributed by atoms with van der Waals surface area (Å²) in [6.07, 6.45) is 2.98. The van der Waals surface area contributed by atoms with Gasteiger partial charge in [-0.25, -0.2) is 4.79 Å². The number of methoxy groups -OCH3 is 1. The number of esters is 1. The topological polar surface area (TPSA) is 144 Å². The van der Waals surface area contributed by atoms with Crippen molar-refractivity contribution in [3.63, 3.8) is 0 Å². The molecule has 0 bridgehead atoms. The van der Waals surface area contributed by atoms with E-state index in [9.17, 15) is 19.2 Å². The maximum Gasteiger partial charge on any atom is 0.323 e. The minimum atomic E-state index is -0.802. The summed E-state index contributed by atoms with van der Waals surface area (Å²) < 4.78 is 15.7. The number of aryl methyl sites for hydroxylation is 1. The third kappa shape index (κ3) is 9.72. The minimum absolute atomic E-state index is 0.0427. The molecule has 4 amide bonds. The molecule has 0 fully saturated rings. The highest BCUT2D eigenvalue weighted by Crippen LogP contribution is 2.35. The predicted octanol–water partition coefficient (Wildman–Crippen LogP) is 5.40. The van der Waals surface area contributed by atoms with E-state index in [1.165, 1.54) is 7.11 Å². The largest absolute Gasteiger partial charge is 0.469 e. The van der Waals surface area contributed by atoms with Crippen LogP contribution in [0.2, 0.25) is 0 Å². The van der Waals surface area contributed by atoms with Gasteiger partial charge in [-0.1, -0.05) is 62.6 Å². The second-order valence-electron chi connectivity index (χ2n) is 10.8. The standard InChI is InChI=1S/C34H40N4O7/c1-4-5-6-11-27(33(41)37-28(20-32(40)43-3)24-14-17-29-30(19-24)45-21-44-29)36-31(39)18-23-12-15-25(16-13-23)35-34(42)38-26-10-8-7-9-22(26)2/h7-10,12-17,19,27-28H,4-6,11,18,20-21H2,1-3H3,(H,36,39)(H,37,41)(H2,35,38,42)/t27-,28-/m0/s1. The second kappa shape index (κ2) is 16.1. The number of carbonyl (C=O) groups excluding carboxylic acids is 4. The van der Waals surface area contributed by atoms with Gasteiger partial charge in [-0.2, -0.15) is 0 Å². The number of hydrogen-bond acceptors (Lipinski definition) is 7. The molecule has 4 N–H and O–H groups in total. The summed E-state index contributed by atoms with van der Waals surface area (Å²) in [4.78, 5) is 51.3. The van der Waals surface area contributed by atoms with Gasteiger partial charge in [0, 0.05) is 11.4 Å². The highest BCUT2D eigenvalue weighted by molar-refractivity contribution is 6.00. The molecule has 0 spiro atoms. The monoisotopic (exact) mass is 616 g/mol. The van der Waals surface area contributed by atoms with Gasteiger partial charge in [-0.05, 0) is 60.4 Å². The Morgan fingerprint density at radius 2 is 1.64 bits per heavy atom. The zero-order valence-corrected chi connectivity index (χ0v) is 25.8. The van der Waals surface area contributed by atoms with Crippen LogP contribution in [0.25, 0.3) is 0 Å². The summed E-state index contributed by atoms with van der Waals surface area (Å²) in [6, 6.07) is 17.8. The highest BCUT2D eigenvalue weighted by atomic mass is 16.7. The Morgan fingerprint density at radius 1 is 0.889 bits per heavy atom. The van der Waals surface area contributed by atoms with Crippen molar-refractivity contribution in [2.45, 2.75) is 64.5 Å². The van der Waals surface area contributed by atoms with Crippen molar-refractivity contribution < 1.29 is 33.4 Å². The first-order valence-electron chi connectivity index (χ1n) is 15.0. The Kier molecular flexibility index (Phi) is 11.8. The van der Waals surface area contributed by atoms with Gasteiger partial charge in [0.1, 0.15) is 6.04 Å². The van der Waals surface area contributed by atoms with Gasteiger partial charge in [0.2, 0.25) is 18.6 Å². The van der Waals surface area contributed by atoms with Gasteiger partial charge >= 0.3 is 12.0 Å². The number of urea groups is 1. The average molecular weight is 617 g/mol. The molecule has 0 aromatic heterocycles. The van der Waals surface area contributed by atoms with Crippen LogP contribution >= 0.6 is 0 Å². The van der Waals surface area contributed by atoms with E-state index in [4.69, 9.17) is 14.2 Å². The molecule has 1 aliphatic heterocycles. The number of benzene rings is 3. The molecule has 11 nitrogen and oxygen atoms in total. The lowest BCUT2D eigenvalue weighted by Gasteiger charge is -2.24. The quantitative estimate of drug-likeness (QED) is 0.140. The summed E-state index contributed by atoms with van der Waals surface area (Å²) in [5.74, 6) is -0.101. The number of nitrogens with one attached hydrogen (secondary N) is 4. The lowest BCUT2D eigenvalue weighted by Crippen LogP contribution is -2.48. The molecule has 0 aliphatic carbocycles. The van der Waals surface area contributed by atoms with Gasteiger partial charge in [-0.3, -0.25) is 14.4 Å². The molecule has 1 heterocycles. The normalized spacial score (nSPS) is 12.9. The third-order valence-corrected chi connectivity index (χ3v) is 7.43. The van der Waals surface area contributed by atoms with Crippen molar-refractivity contribution in [1.82, 2.24) is 10.6 Å². The summed E-state index contributed by atoms with van der Waals surface area (Å²) in [5.41, 5.74) is 3.60. The summed E-state index contributed by atoms with van der Waals surface area (Å²) in [5, 5.41) is 11.4. The molecular weight excluding hydrogens is 576 g/mol. The Bertz CT molecular complexity index is 1490. The Morgan fingerprint density at radius 3 is 2.38 bits per heavy atom. The van der Waals surface area contributed by atoms with Gasteiger partial charge < -0.3 is 35.5 Å². The first kappa shape index (κ1) is 32.8. The van der Waals surface area contributed by atoms with Crippen molar-refractivity contribution in [3.05, 3.63) is 83.4 Å². The van der Waals surface area contributed by atoms with Crippen molar-refractivity contribution in [3.8, 4) is 11.5 Å². The average Bonchev–Trinajstić information content (AvgIpc) is 3.50. The number of para-hydroxylation sites is 1. The Hall–Kier alpha value is -5.06. The molecule has 1 aliphatic rings. The fourth-order valence-electron chi connectivity index (χ4n) is 4.91. The zero-order valence-electron chi connectivity index (χ0n) is 25.8. The van der Waals surface area contributed by atoms with Crippen molar-refractivity contribution in [1.29, 1.82) is 0 Å². The number of rotatable bonds is 14. The smallest absolute Gasteiger partial charge is 0.323 e. The molecule has 0 radical (unpaired) electrons. The van der Waals surface area contributed by atoms with Gasteiger partial charge in [0.15, 0.2) is 11.5 Å². The SMILES string of the molecule is CCCCC[C@H](NC(=O)Cc1ccc(NC(=O)Nc2ccccc2C)cc1)C(=O)N[C@@H](CC(=O)OC)c1ccc2c(c1)OCO2. The lowest BCUT2D eigenvalue weighted by atomic mass is 10.0. The molecule has 45 heavy (non-hydrogen) atoms. The zero-order chi connectivity index (χ0) is 32.2. The summed E-state index contributed by atoms with van der Waals surface area (Å²) in [6.45, 7) is 4.07. The third-order valence-electron chi connectivity index (χ3n) is 7.43. The number of anilines is 2. The number of hydrogen-bond donors (Lipinski definition) is 4. The van der Waals surface area contributed by atoms with Crippen LogP contribution in [0.5, 0.6) is 11.5 Å². The number of carbonyl (C=O) groups is 4. The van der Waals surface area contributed by atoms with E-state index in [-0.39, 0.29) is 31.6 Å². The summed E-state index contributed by atoms with van der Waals surface area (Å²) in [7, 11) is 1.29. The van der Waals surface area contributed by atoms with E-state index in [0.29, 0.717) is 40.4 Å². The van der Waals surface area contributed by atoms with Crippen LogP contribution in [0.3, 0.4) is 0 Å². The van der Waals surface area contributed by atoms with E-state index in [1.54, 1.807) is 42.5 Å². The van der Waals surface area contributed by atoms with Gasteiger partial charge in [-0.15, -0.1) is 0 Å². The number of unbranched alkanes of at least 4 members (excludes halogenated alkanes) is 2. The molecule has 4 rings (SSSR count). The first-order chi connectivity index (χ1) is 21.7. The van der Waals surface area contributed by atoms with Crippen molar-refractivity contribution in [2.75, 3.05) is 24.5 Å². The number of amides is 4. The van der Waals surface area contributed by atoms with Gasteiger partial charge in [0.05, 0.1) is 26.0 Å². The molecule has 11 heteroatoms. The predicted molar refractivity (Wildman–Crippen MR) is 170 cm³/mol. The van der Waals surface area contributed by atoms with Crippen LogP contribution in [0.4, 0.5) is 16.2 Å². The molecule has 0 saturated carbocycles. The molecule has 3 aromatic carbocycles. The summed E-state index contributed by atoms with van der Waals surface area (Å²) >= 11 is 0. The van der Waals surface area contributed by atoms with E-state index < -0.39 is 24.0 Å². The minimum Gasteiger partial charge on any atom is -0.469 e. The van der Waals surface area contributed by atoms with Crippen molar-refractivity contribution in [2.24, 2.45) is 0 Å². The molecule has 2 atom stereocenters. The fourth-order valence-corrected chi connectivity index (χ4v) is 4.91. The van der Waals surface area contributed by atoms with Crippen LogP contribution in [-0.4, -0.2) is 43.8 Å². The molecular formula is C34H40N4O7. The van der Waals surface area contributed by atoms with Crippen LogP contribution in [-0.2, 0) is 25.5 Å². The van der Waals surface area contributed by atoms with E-state index in [0.717, 1.165) is 24.8 Å². The van der Waals surface area contributed by atoms with Crippen LogP contribution < -0.4 is 30.7 Å². The van der Waals surface area contributed by atoms with Crippen LogP contribution in [0, 0.1) is 6.92 Å². The van der Waals surface area contributed by atoms with Crippen molar-refractivity contribution >= 4 is 35.2 Å². The molecule has 0 unspecified atom stereocenters. The van der Waals surface area contributed by atoms with Gasteiger partial charge in [0.25, 0.3) is 0 Å². The fraction of sp³-hybridized carbons (Fsp3) is 0.353. The van der Waals surface area contributed by atoms with E-state index >= 15 is 0 Å². The molecule has 0 saturated heterocycles. The number of ether oxygens (including phenoxy) is 3. The maximum atomic E-state index is 13.5. The Balaban J connectivity index is 1.38. The van der Waals surface area contributed by atoms with Crippen LogP contribution in [0.15, 0.2) is 66.7 Å². The lowest BCUT2D eigenvalue weighted by molar-refractivity contribution is -0.141. The number of fused-ring (bicyclic) bond motifs is 1. The molecule has 3 aromatic rings.